The molecule has 95 heavy (non-hydrogen) atoms. The van der Waals surface area contributed by atoms with Crippen LogP contribution in [-0.4, -0.2) is 151 Å². The molecule has 0 aliphatic rings. The number of hydrogen-bond donors (Lipinski definition) is 1. The molecule has 29 nitrogen and oxygen atoms in total. The van der Waals surface area contributed by atoms with Crippen LogP contribution in [0.25, 0.3) is 66.9 Å². The topological polar surface area (TPSA) is 355 Å². The van der Waals surface area contributed by atoms with Gasteiger partial charge in [0.2, 0.25) is 0 Å². The van der Waals surface area contributed by atoms with E-state index in [0.717, 1.165) is 139 Å². The van der Waals surface area contributed by atoms with E-state index in [2.05, 4.69) is 85.4 Å². The van der Waals surface area contributed by atoms with Crippen LogP contribution in [0.1, 0.15) is 124 Å². The first kappa shape index (κ1) is 71.6. The molecule has 0 fully saturated rings. The van der Waals surface area contributed by atoms with Gasteiger partial charge in [0.25, 0.3) is 0 Å². The van der Waals surface area contributed by atoms with E-state index < -0.39 is 0 Å². The molecule has 0 bridgehead atoms. The Kier molecular flexibility index (Phi) is 27.4. The van der Waals surface area contributed by atoms with Gasteiger partial charge < -0.3 is 66.8 Å². The predicted molar refractivity (Wildman–Crippen MR) is 362 cm³/mol. The Balaban J connectivity index is 0.000000161. The zero-order chi connectivity index (χ0) is 68.2. The highest BCUT2D eigenvalue weighted by molar-refractivity contribution is 5.84. The summed E-state index contributed by atoms with van der Waals surface area (Å²) in [6.07, 6.45) is 28.5. The Morgan fingerprint density at radius 3 is 1.46 bits per heavy atom. The van der Waals surface area contributed by atoms with E-state index in [1.54, 1.807) is 91.8 Å². The minimum absolute atomic E-state index is 0.193. The van der Waals surface area contributed by atoms with Gasteiger partial charge in [0.1, 0.15) is 87.9 Å². The van der Waals surface area contributed by atoms with Crippen LogP contribution in [0.5, 0.6) is 0 Å². The number of aryl methyl sites for hydroxylation is 7. The molecule has 0 radical (unpaired) electrons. The molecule has 0 saturated carbocycles. The smallest absolute Gasteiger partial charge is 0.180 e. The van der Waals surface area contributed by atoms with Crippen LogP contribution in [0.4, 0.5) is 11.6 Å². The van der Waals surface area contributed by atoms with Crippen molar-refractivity contribution in [2.45, 2.75) is 165 Å². The molecule has 2 N–H and O–H groups in total. The molecule has 1 aromatic carbocycles. The molecule has 0 unspecified atom stereocenters. The first-order chi connectivity index (χ1) is 45.8. The Morgan fingerprint density at radius 2 is 0.863 bits per heavy atom. The highest BCUT2D eigenvalue weighted by atomic mass is 16.1. The minimum Gasteiger partial charge on any atom is -0.382 e. The number of carbonyl (C=O) groups is 6. The van der Waals surface area contributed by atoms with Crippen LogP contribution in [0.15, 0.2) is 112 Å². The van der Waals surface area contributed by atoms with Gasteiger partial charge in [-0.05, 0) is 111 Å². The quantitative estimate of drug-likeness (QED) is 0.0557. The molecule has 0 spiro atoms. The molecule has 0 aliphatic carbocycles. The number of Topliss-reactive ketones (excluding diaryl/α,β-unsaturated/α-hetero) is 6. The predicted octanol–water partition coefficient (Wildman–Crippen LogP) is 8.94. The van der Waals surface area contributed by atoms with Crippen molar-refractivity contribution in [1.29, 1.82) is 0 Å². The summed E-state index contributed by atoms with van der Waals surface area (Å²) in [7, 11) is 3.85. The summed E-state index contributed by atoms with van der Waals surface area (Å²) in [5.74, 6) is 3.43. The number of nitrogens with zero attached hydrogens (tertiary/aromatic N) is 22. The summed E-state index contributed by atoms with van der Waals surface area (Å²) in [6, 6.07) is 11.8. The minimum atomic E-state index is 0.193. The fourth-order valence-corrected chi connectivity index (χ4v) is 9.89. The number of pyridine rings is 1. The summed E-state index contributed by atoms with van der Waals surface area (Å²) in [4.78, 5) is 129. The molecule has 0 aliphatic heterocycles. The number of benzene rings is 1. The third-order valence-electron chi connectivity index (χ3n) is 14.6. The molecular formula is C66H83N23O6. The number of nitrogens with two attached hydrogens (primary N) is 1. The summed E-state index contributed by atoms with van der Waals surface area (Å²) < 4.78 is 11.9. The largest absolute Gasteiger partial charge is 0.382 e. The van der Waals surface area contributed by atoms with Crippen molar-refractivity contribution >= 4 is 113 Å². The lowest BCUT2D eigenvalue weighted by molar-refractivity contribution is -0.118. The first-order valence-electron chi connectivity index (χ1n) is 31.4. The lowest BCUT2D eigenvalue weighted by atomic mass is 10.2. The molecule has 12 rings (SSSR count). The van der Waals surface area contributed by atoms with Crippen molar-refractivity contribution in [3.63, 3.8) is 0 Å². The van der Waals surface area contributed by atoms with Gasteiger partial charge in [0, 0.05) is 98.1 Å². The van der Waals surface area contributed by atoms with Crippen molar-refractivity contribution < 1.29 is 28.8 Å². The lowest BCUT2D eigenvalue weighted by Crippen LogP contribution is -2.11. The van der Waals surface area contributed by atoms with Crippen molar-refractivity contribution in [2.24, 2.45) is 0 Å². The van der Waals surface area contributed by atoms with E-state index in [4.69, 9.17) is 5.73 Å². The van der Waals surface area contributed by atoms with Gasteiger partial charge in [0.05, 0.1) is 55.1 Å². The fourth-order valence-electron chi connectivity index (χ4n) is 9.89. The van der Waals surface area contributed by atoms with Gasteiger partial charge in [-0.3, -0.25) is 0 Å². The maximum atomic E-state index is 10.9. The molecule has 0 atom stereocenters. The summed E-state index contributed by atoms with van der Waals surface area (Å²) in [5, 5.41) is 0. The number of imidazole rings is 6. The number of carbonyl (C=O) groups excluding carboxylic acids is 6. The van der Waals surface area contributed by atoms with Crippen molar-refractivity contribution in [3.05, 3.63) is 118 Å². The van der Waals surface area contributed by atoms with E-state index in [0.29, 0.717) is 62.1 Å². The Hall–Kier alpha value is -10.9. The van der Waals surface area contributed by atoms with Crippen LogP contribution in [0.2, 0.25) is 0 Å². The Bertz CT molecular complexity index is 4270. The second-order valence-corrected chi connectivity index (χ2v) is 22.8. The van der Waals surface area contributed by atoms with Crippen molar-refractivity contribution in [2.75, 3.05) is 24.7 Å². The highest BCUT2D eigenvalue weighted by Crippen LogP contribution is 2.21. The second kappa shape index (κ2) is 36.4. The number of nitrogen functional groups attached to an aromatic ring is 1. The Labute approximate surface area is 549 Å². The van der Waals surface area contributed by atoms with Gasteiger partial charge in [-0.1, -0.05) is 12.1 Å². The zero-order valence-corrected chi connectivity index (χ0v) is 55.5. The standard InChI is InChI=1S/C12H17N5O.C12H14N2O.C11H14N4O.C11H13N3O.C10H13N5O.C10H12N4O/c1-9(18)5-4-6-17-8-15-10-11(16(2)3)13-7-14-12(10)17;1-10(15)5-4-8-14-9-13-11-6-2-3-7-12(11)14;1-8(16)4-3-5-15-9(2)14-10-6-12-7-13-11(10)15;1-9(15)4-3-7-14-8-13-10-5-2-6-12-11(10)14;1-7(16)3-2-4-15-6-14-8-9(11)12-5-13-10(8)15;1-8(15)3-2-4-14-7-13-10-9(14)5-11-6-12-10/h7-8H,4-6H2,1-3H3;2-3,6-7,9H,4-5,8H2,1H3;6-7H,3-5H2,1-2H3;2,5-6,8H,3-4,7H2,1H3;5-6H,2-4H2,1H3,(H2,11,12,13);5-7H,2-4H2,1H3. The van der Waals surface area contributed by atoms with E-state index in [1.165, 1.54) is 19.0 Å². The number of anilines is 2. The maximum absolute atomic E-state index is 10.9. The average molecular weight is 1290 g/mol. The average Bonchev–Trinajstić information content (AvgIpc) is 1.73. The molecule has 12 aromatic rings. The molecule has 29 heteroatoms. The fraction of sp³-hybridized carbons (Fsp3) is 0.409. The second-order valence-electron chi connectivity index (χ2n) is 22.8. The number of rotatable bonds is 25. The van der Waals surface area contributed by atoms with Crippen molar-refractivity contribution in [3.8, 4) is 0 Å². The van der Waals surface area contributed by atoms with E-state index in [-0.39, 0.29) is 34.7 Å². The van der Waals surface area contributed by atoms with E-state index >= 15 is 0 Å². The number of fused-ring (bicyclic) bond motifs is 6. The molecular weight excluding hydrogens is 1210 g/mol. The third-order valence-corrected chi connectivity index (χ3v) is 14.6. The molecule has 0 saturated heterocycles. The molecule has 11 heterocycles. The van der Waals surface area contributed by atoms with Crippen LogP contribution < -0.4 is 10.6 Å². The van der Waals surface area contributed by atoms with E-state index in [1.807, 2.05) is 85.4 Å². The van der Waals surface area contributed by atoms with Crippen LogP contribution >= 0.6 is 0 Å². The number of para-hydroxylation sites is 2. The summed E-state index contributed by atoms with van der Waals surface area (Å²) in [6.45, 7) is 16.3. The van der Waals surface area contributed by atoms with Gasteiger partial charge in [-0.2, -0.15) is 0 Å². The molecule has 498 valence electrons. The molecule has 0 amide bonds. The maximum Gasteiger partial charge on any atom is 0.180 e. The van der Waals surface area contributed by atoms with Crippen LogP contribution in [0, 0.1) is 6.92 Å². The normalized spacial score (nSPS) is 10.8. The van der Waals surface area contributed by atoms with E-state index in [9.17, 15) is 28.8 Å². The number of ketones is 6. The SMILES string of the molecule is CC(=O)CCCn1c(C)nc2cncnc21.CC(=O)CCCn1cnc2c(N(C)C)ncnc21.CC(=O)CCCn1cnc2c(N)ncnc21.CC(=O)CCCn1cnc2ccccc21.CC(=O)CCCn1cnc2cccnc21.CC(=O)CCCn1cnc2ncncc21. The lowest BCUT2D eigenvalue weighted by Gasteiger charge is -2.10. The van der Waals surface area contributed by atoms with Gasteiger partial charge in [-0.15, -0.1) is 0 Å². The summed E-state index contributed by atoms with van der Waals surface area (Å²) >= 11 is 0. The van der Waals surface area contributed by atoms with Crippen molar-refractivity contribution in [1.82, 2.24) is 102 Å². The Morgan fingerprint density at radius 1 is 0.411 bits per heavy atom. The highest BCUT2D eigenvalue weighted by Gasteiger charge is 2.13. The van der Waals surface area contributed by atoms with Crippen LogP contribution in [0.3, 0.4) is 0 Å². The number of aromatic nitrogens is 21. The number of hydrogen-bond acceptors (Lipinski definition) is 23. The zero-order valence-electron chi connectivity index (χ0n) is 55.5. The van der Waals surface area contributed by atoms with Crippen LogP contribution in [-0.2, 0) is 68.0 Å². The first-order valence-corrected chi connectivity index (χ1v) is 31.4. The monoisotopic (exact) mass is 1290 g/mol. The van der Waals surface area contributed by atoms with Gasteiger partial charge in [0.15, 0.2) is 45.4 Å². The molecule has 11 aromatic heterocycles. The van der Waals surface area contributed by atoms with Gasteiger partial charge in [-0.25, -0.2) is 74.8 Å². The summed E-state index contributed by atoms with van der Waals surface area (Å²) in [5.41, 5.74) is 15.8. The van der Waals surface area contributed by atoms with Gasteiger partial charge >= 0.3 is 0 Å². The third kappa shape index (κ3) is 21.9.